The van der Waals surface area contributed by atoms with Gasteiger partial charge in [0.2, 0.25) is 0 Å². The molecular formula is C26H21N6OPSSe. The molecule has 0 unspecified atom stereocenters. The van der Waals surface area contributed by atoms with Crippen LogP contribution in [0.2, 0.25) is 0 Å². The number of carbonyl (C=O) groups is 1. The van der Waals surface area contributed by atoms with Gasteiger partial charge >= 0.3 is 199 Å². The predicted octanol–water partition coefficient (Wildman–Crippen LogP) is 4.35. The fraction of sp³-hybridized carbons (Fsp3) is 0. The maximum absolute atomic E-state index is 12.9. The maximum atomic E-state index is 12.9. The second-order valence-corrected chi connectivity index (χ2v) is 14.5. The van der Waals surface area contributed by atoms with E-state index in [4.69, 9.17) is 12.2 Å². The summed E-state index contributed by atoms with van der Waals surface area (Å²) in [5.74, 6) is 0. The third kappa shape index (κ3) is 5.01. The normalized spacial score (nSPS) is 11.1. The second-order valence-electron chi connectivity index (χ2n) is 7.88. The first-order chi connectivity index (χ1) is 17.5. The summed E-state index contributed by atoms with van der Waals surface area (Å²) in [6.07, 6.45) is 0. The monoisotopic (exact) mass is 576 g/mol. The molecule has 0 aliphatic rings. The Bertz CT molecular complexity index is 1580. The first kappa shape index (κ1) is 24.1. The molecule has 0 atom stereocenters. The summed E-state index contributed by atoms with van der Waals surface area (Å²) in [7, 11) is 0. The van der Waals surface area contributed by atoms with E-state index in [0.29, 0.717) is 21.8 Å². The Balaban J connectivity index is 1.41. The SMILES string of the molecule is O=C(Nc1cccc(-n2[nH]nnc2=S)c1)Nc1cccc(P(=[Se])(c2ccccc2)c2ccccc2)c1. The molecule has 2 amide bonds. The molecule has 4 aromatic carbocycles. The van der Waals surface area contributed by atoms with Crippen LogP contribution in [-0.4, -0.2) is 41.3 Å². The van der Waals surface area contributed by atoms with Crippen molar-refractivity contribution in [1.82, 2.24) is 20.2 Å². The van der Waals surface area contributed by atoms with Crippen LogP contribution in [0.4, 0.5) is 16.2 Å². The molecule has 7 nitrogen and oxygen atoms in total. The van der Waals surface area contributed by atoms with E-state index < -0.39 is 5.51 Å². The molecule has 1 aromatic heterocycles. The molecule has 3 N–H and O–H groups in total. The molecule has 0 aliphatic heterocycles. The second kappa shape index (κ2) is 10.6. The quantitative estimate of drug-likeness (QED) is 0.160. The van der Waals surface area contributed by atoms with E-state index in [9.17, 15) is 4.79 Å². The Hall–Kier alpha value is -3.61. The number of hydrogen-bond donors (Lipinski definition) is 3. The minimum atomic E-state index is -2.03. The van der Waals surface area contributed by atoms with Gasteiger partial charge in [-0.05, 0) is 12.2 Å². The zero-order valence-corrected chi connectivity index (χ0v) is 22.3. The number of amides is 2. The molecule has 10 heteroatoms. The molecule has 0 fully saturated rings. The van der Waals surface area contributed by atoms with Crippen molar-refractivity contribution in [3.05, 3.63) is 114 Å². The van der Waals surface area contributed by atoms with Crippen LogP contribution in [0.15, 0.2) is 109 Å². The Morgan fingerprint density at radius 2 is 1.33 bits per heavy atom. The summed E-state index contributed by atoms with van der Waals surface area (Å²) in [6, 6.07) is 35.8. The van der Waals surface area contributed by atoms with Crippen LogP contribution >= 0.6 is 17.7 Å². The van der Waals surface area contributed by atoms with E-state index >= 15 is 0 Å². The van der Waals surface area contributed by atoms with Crippen molar-refractivity contribution in [2.45, 2.75) is 0 Å². The van der Waals surface area contributed by atoms with Crippen molar-refractivity contribution in [3.63, 3.8) is 0 Å². The molecule has 0 radical (unpaired) electrons. The number of carbonyl (C=O) groups excluding carboxylic acids is 1. The molecule has 5 aromatic rings. The average Bonchev–Trinajstić information content (AvgIpc) is 3.35. The Labute approximate surface area is 220 Å². The van der Waals surface area contributed by atoms with Gasteiger partial charge in [0, 0.05) is 0 Å². The first-order valence-corrected chi connectivity index (χ1v) is 15.5. The van der Waals surface area contributed by atoms with Gasteiger partial charge in [-0.1, -0.05) is 10.3 Å². The van der Waals surface area contributed by atoms with Crippen LogP contribution < -0.4 is 26.5 Å². The molecule has 36 heavy (non-hydrogen) atoms. The number of nitrogens with zero attached hydrogens (tertiary/aromatic N) is 3. The number of tetrazole rings is 1. The number of aromatic amines is 1. The molecule has 178 valence electrons. The van der Waals surface area contributed by atoms with Crippen LogP contribution in [0.3, 0.4) is 0 Å². The van der Waals surface area contributed by atoms with E-state index in [0.717, 1.165) is 5.30 Å². The molecule has 0 aliphatic carbocycles. The number of urea groups is 1. The van der Waals surface area contributed by atoms with Gasteiger partial charge in [-0.25, -0.2) is 0 Å². The van der Waals surface area contributed by atoms with E-state index in [1.165, 1.54) is 10.6 Å². The summed E-state index contributed by atoms with van der Waals surface area (Å²) in [5, 5.41) is 19.6. The van der Waals surface area contributed by atoms with Crippen LogP contribution in [0.25, 0.3) is 5.69 Å². The van der Waals surface area contributed by atoms with E-state index in [-0.39, 0.29) is 6.03 Å². The molecule has 5 rings (SSSR count). The van der Waals surface area contributed by atoms with Crippen LogP contribution in [0, 0.1) is 4.77 Å². The zero-order chi connectivity index (χ0) is 25.0. The van der Waals surface area contributed by atoms with Crippen molar-refractivity contribution in [2.75, 3.05) is 10.6 Å². The number of hydrogen-bond acceptors (Lipinski definition) is 4. The molecule has 0 saturated carbocycles. The van der Waals surface area contributed by atoms with Crippen molar-refractivity contribution in [2.24, 2.45) is 0 Å². The van der Waals surface area contributed by atoms with E-state index in [1.54, 1.807) is 16.8 Å². The van der Waals surface area contributed by atoms with Gasteiger partial charge in [-0.3, -0.25) is 0 Å². The third-order valence-corrected chi connectivity index (χ3v) is 12.8. The van der Waals surface area contributed by atoms with Gasteiger partial charge in [0.05, 0.1) is 0 Å². The van der Waals surface area contributed by atoms with Gasteiger partial charge in [-0.15, -0.1) is 0 Å². The van der Waals surface area contributed by atoms with Crippen molar-refractivity contribution in [1.29, 1.82) is 0 Å². The Kier molecular flexibility index (Phi) is 7.07. The summed E-state index contributed by atoms with van der Waals surface area (Å²) in [4.78, 5) is 12.9. The molecular weight excluding hydrogens is 554 g/mol. The van der Waals surface area contributed by atoms with Gasteiger partial charge in [0.15, 0.2) is 0 Å². The van der Waals surface area contributed by atoms with Crippen LogP contribution in [0.5, 0.6) is 0 Å². The number of anilines is 2. The topological polar surface area (TPSA) is 87.6 Å². The Morgan fingerprint density at radius 1 is 0.778 bits per heavy atom. The molecule has 1 heterocycles. The summed E-state index contributed by atoms with van der Waals surface area (Å²) >= 11 is 8.70. The third-order valence-electron chi connectivity index (χ3n) is 5.54. The number of nitrogens with one attached hydrogen (secondary N) is 3. The molecule has 0 bridgehead atoms. The fourth-order valence-corrected chi connectivity index (χ4v) is 9.01. The van der Waals surface area contributed by atoms with Gasteiger partial charge in [0.1, 0.15) is 0 Å². The Morgan fingerprint density at radius 3 is 1.92 bits per heavy atom. The first-order valence-electron chi connectivity index (χ1n) is 11.0. The standard InChI is InChI=1S/C26H21N6OPSSe/c33-25(27-19-9-7-11-21(17-19)32-26(35)29-30-31-32)28-20-10-8-16-24(18-20)34(36,22-12-3-1-4-13-22)23-14-5-2-6-15-23/h1-18H,(H2,27,28,33)(H,29,31,35). The number of aromatic nitrogens is 4. The van der Waals surface area contributed by atoms with E-state index in [1.807, 2.05) is 42.5 Å². The van der Waals surface area contributed by atoms with Gasteiger partial charge in [0.25, 0.3) is 0 Å². The van der Waals surface area contributed by atoms with E-state index in [2.05, 4.69) is 95.9 Å². The summed E-state index contributed by atoms with van der Waals surface area (Å²) < 4.78 is 1.85. The summed E-state index contributed by atoms with van der Waals surface area (Å²) in [6.45, 7) is 0. The van der Waals surface area contributed by atoms with Crippen molar-refractivity contribution < 1.29 is 4.79 Å². The van der Waals surface area contributed by atoms with Crippen molar-refractivity contribution in [3.8, 4) is 5.69 Å². The van der Waals surface area contributed by atoms with Crippen LogP contribution in [-0.2, 0) is 0 Å². The number of benzene rings is 4. The molecule has 0 saturated heterocycles. The average molecular weight is 575 g/mol. The zero-order valence-electron chi connectivity index (χ0n) is 18.9. The molecule has 0 spiro atoms. The number of H-pyrrole nitrogens is 1. The number of rotatable bonds is 6. The minimum absolute atomic E-state index is 0.299. The van der Waals surface area contributed by atoms with Gasteiger partial charge in [-0.2, -0.15) is 0 Å². The predicted molar refractivity (Wildman–Crippen MR) is 150 cm³/mol. The van der Waals surface area contributed by atoms with Crippen molar-refractivity contribution >= 4 is 66.1 Å². The fourth-order valence-electron chi connectivity index (χ4n) is 3.88. The summed E-state index contributed by atoms with van der Waals surface area (Å²) in [5.41, 5.74) is -0.00298. The van der Waals surface area contributed by atoms with Gasteiger partial charge < -0.3 is 0 Å². The van der Waals surface area contributed by atoms with Crippen LogP contribution in [0.1, 0.15) is 0 Å².